The van der Waals surface area contributed by atoms with E-state index in [0.29, 0.717) is 30.5 Å². The Bertz CT molecular complexity index is 953. The Morgan fingerprint density at radius 1 is 1.10 bits per heavy atom. The maximum atomic E-state index is 12.6. The van der Waals surface area contributed by atoms with Crippen LogP contribution in [-0.2, 0) is 16.0 Å². The Balaban J connectivity index is 1.39. The maximum absolute atomic E-state index is 12.6. The topological polar surface area (TPSA) is 67.6 Å². The summed E-state index contributed by atoms with van der Waals surface area (Å²) < 4.78 is 10.8. The van der Waals surface area contributed by atoms with Crippen LogP contribution in [0.5, 0.6) is 0 Å². The maximum Gasteiger partial charge on any atom is 0.227 e. The van der Waals surface area contributed by atoms with Crippen LogP contribution in [0.4, 0.5) is 0 Å². The molecule has 0 aliphatic carbocycles. The molecule has 1 unspecified atom stereocenters. The van der Waals surface area contributed by atoms with Crippen molar-refractivity contribution < 1.29 is 14.1 Å². The highest BCUT2D eigenvalue weighted by Gasteiger charge is 2.23. The number of amides is 1. The number of benzene rings is 2. The van der Waals surface area contributed by atoms with Crippen LogP contribution in [0.25, 0.3) is 11.3 Å². The lowest BCUT2D eigenvalue weighted by Gasteiger charge is -2.35. The third kappa shape index (κ3) is 5.27. The largest absolute Gasteiger partial charge is 0.379 e. The van der Waals surface area contributed by atoms with E-state index < -0.39 is 0 Å². The smallest absolute Gasteiger partial charge is 0.227 e. The SMILES string of the molecule is O=C(Cc1cc(-c2ccccc2)no1)NCC(c1ccc(Cl)cc1)N1CCOCC1. The fourth-order valence-corrected chi connectivity index (χ4v) is 3.73. The molecule has 0 bridgehead atoms. The average molecular weight is 426 g/mol. The Hall–Kier alpha value is -2.67. The van der Waals surface area contributed by atoms with Crippen LogP contribution in [0.15, 0.2) is 65.2 Å². The number of nitrogens with zero attached hydrogens (tertiary/aromatic N) is 2. The molecule has 1 N–H and O–H groups in total. The van der Waals surface area contributed by atoms with Gasteiger partial charge in [0.1, 0.15) is 11.5 Å². The molecule has 4 rings (SSSR count). The number of carbonyl (C=O) groups is 1. The normalized spacial score (nSPS) is 15.6. The summed E-state index contributed by atoms with van der Waals surface area (Å²) >= 11 is 6.05. The van der Waals surface area contributed by atoms with Crippen LogP contribution in [0.3, 0.4) is 0 Å². The van der Waals surface area contributed by atoms with Gasteiger partial charge in [0.15, 0.2) is 0 Å². The predicted molar refractivity (Wildman–Crippen MR) is 115 cm³/mol. The zero-order valence-electron chi connectivity index (χ0n) is 16.6. The number of ether oxygens (including phenoxy) is 1. The molecule has 1 saturated heterocycles. The molecule has 1 fully saturated rings. The number of rotatable bonds is 7. The summed E-state index contributed by atoms with van der Waals surface area (Å²) in [7, 11) is 0. The summed E-state index contributed by atoms with van der Waals surface area (Å²) in [4.78, 5) is 14.9. The third-order valence-electron chi connectivity index (χ3n) is 5.20. The number of hydrogen-bond acceptors (Lipinski definition) is 5. The van der Waals surface area contributed by atoms with Gasteiger partial charge in [-0.1, -0.05) is 59.2 Å². The molecular formula is C23H24ClN3O3. The van der Waals surface area contributed by atoms with Crippen molar-refractivity contribution in [2.75, 3.05) is 32.8 Å². The van der Waals surface area contributed by atoms with Crippen LogP contribution >= 0.6 is 11.6 Å². The molecule has 0 saturated carbocycles. The van der Waals surface area contributed by atoms with Crippen molar-refractivity contribution in [2.45, 2.75) is 12.5 Å². The number of aromatic nitrogens is 1. The van der Waals surface area contributed by atoms with Gasteiger partial charge in [-0.3, -0.25) is 9.69 Å². The van der Waals surface area contributed by atoms with Crippen molar-refractivity contribution >= 4 is 17.5 Å². The van der Waals surface area contributed by atoms with E-state index in [1.807, 2.05) is 60.7 Å². The number of carbonyl (C=O) groups excluding carboxylic acids is 1. The highest BCUT2D eigenvalue weighted by molar-refractivity contribution is 6.30. The first-order chi connectivity index (χ1) is 14.7. The monoisotopic (exact) mass is 425 g/mol. The minimum absolute atomic E-state index is 0.0599. The van der Waals surface area contributed by atoms with E-state index in [1.54, 1.807) is 0 Å². The second kappa shape index (κ2) is 9.89. The highest BCUT2D eigenvalue weighted by Crippen LogP contribution is 2.23. The summed E-state index contributed by atoms with van der Waals surface area (Å²) in [6, 6.07) is 19.4. The molecule has 1 aliphatic rings. The van der Waals surface area contributed by atoms with Gasteiger partial charge in [0.25, 0.3) is 0 Å². The third-order valence-corrected chi connectivity index (χ3v) is 5.45. The summed E-state index contributed by atoms with van der Waals surface area (Å²) in [5.41, 5.74) is 2.81. The minimum Gasteiger partial charge on any atom is -0.379 e. The van der Waals surface area contributed by atoms with Crippen molar-refractivity contribution in [2.24, 2.45) is 0 Å². The van der Waals surface area contributed by atoms with Gasteiger partial charge in [-0.25, -0.2) is 0 Å². The molecular weight excluding hydrogens is 402 g/mol. The lowest BCUT2D eigenvalue weighted by molar-refractivity contribution is -0.121. The first-order valence-electron chi connectivity index (χ1n) is 10.0. The summed E-state index contributed by atoms with van der Waals surface area (Å²) in [5.74, 6) is 0.443. The van der Waals surface area contributed by atoms with Crippen LogP contribution in [0.2, 0.25) is 5.02 Å². The number of hydrogen-bond donors (Lipinski definition) is 1. The zero-order valence-corrected chi connectivity index (χ0v) is 17.3. The van der Waals surface area contributed by atoms with Crippen molar-refractivity contribution in [3.8, 4) is 11.3 Å². The Labute approximate surface area is 180 Å². The minimum atomic E-state index is -0.0991. The van der Waals surface area contributed by atoms with E-state index in [1.165, 1.54) is 0 Å². The van der Waals surface area contributed by atoms with Gasteiger partial charge >= 0.3 is 0 Å². The molecule has 3 aromatic rings. The average Bonchev–Trinajstić information content (AvgIpc) is 3.25. The van der Waals surface area contributed by atoms with Gasteiger partial charge in [-0.15, -0.1) is 0 Å². The van der Waals surface area contributed by atoms with Gasteiger partial charge in [0, 0.05) is 36.3 Å². The van der Waals surface area contributed by atoms with Crippen molar-refractivity contribution in [1.29, 1.82) is 0 Å². The molecule has 7 heteroatoms. The van der Waals surface area contributed by atoms with E-state index in [0.717, 1.165) is 29.9 Å². The Morgan fingerprint density at radius 2 is 1.83 bits per heavy atom. The quantitative estimate of drug-likeness (QED) is 0.624. The second-order valence-corrected chi connectivity index (χ2v) is 7.68. The summed E-state index contributed by atoms with van der Waals surface area (Å²) in [6.45, 7) is 3.54. The van der Waals surface area contributed by atoms with E-state index in [9.17, 15) is 4.79 Å². The second-order valence-electron chi connectivity index (χ2n) is 7.24. The number of nitrogens with one attached hydrogen (secondary N) is 1. The van der Waals surface area contributed by atoms with Crippen LogP contribution in [0, 0.1) is 0 Å². The van der Waals surface area contributed by atoms with Gasteiger partial charge < -0.3 is 14.6 Å². The molecule has 6 nitrogen and oxygen atoms in total. The lowest BCUT2D eigenvalue weighted by Crippen LogP contribution is -2.44. The Morgan fingerprint density at radius 3 is 2.57 bits per heavy atom. The van der Waals surface area contributed by atoms with Crippen LogP contribution in [-0.4, -0.2) is 48.8 Å². The molecule has 0 radical (unpaired) electrons. The summed E-state index contributed by atoms with van der Waals surface area (Å²) in [6.07, 6.45) is 0.149. The molecule has 0 spiro atoms. The molecule has 30 heavy (non-hydrogen) atoms. The first-order valence-corrected chi connectivity index (χ1v) is 10.4. The molecule has 1 amide bonds. The van der Waals surface area contributed by atoms with Gasteiger partial charge in [0.2, 0.25) is 5.91 Å². The van der Waals surface area contributed by atoms with Crippen LogP contribution in [0.1, 0.15) is 17.4 Å². The highest BCUT2D eigenvalue weighted by atomic mass is 35.5. The fourth-order valence-electron chi connectivity index (χ4n) is 3.60. The Kier molecular flexibility index (Phi) is 6.79. The predicted octanol–water partition coefficient (Wildman–Crippen LogP) is 3.73. The van der Waals surface area contributed by atoms with Crippen LogP contribution < -0.4 is 5.32 Å². The number of halogens is 1. The number of morpholine rings is 1. The molecule has 1 aromatic heterocycles. The van der Waals surface area contributed by atoms with Gasteiger partial charge in [-0.05, 0) is 17.7 Å². The van der Waals surface area contributed by atoms with Gasteiger partial charge in [0.05, 0.1) is 25.7 Å². The van der Waals surface area contributed by atoms with E-state index in [-0.39, 0.29) is 18.4 Å². The molecule has 1 atom stereocenters. The molecule has 2 aromatic carbocycles. The summed E-state index contributed by atoms with van der Waals surface area (Å²) in [5, 5.41) is 7.82. The fraction of sp³-hybridized carbons (Fsp3) is 0.304. The van der Waals surface area contributed by atoms with Crippen molar-refractivity contribution in [3.63, 3.8) is 0 Å². The van der Waals surface area contributed by atoms with Crippen molar-refractivity contribution in [3.05, 3.63) is 77.0 Å². The molecule has 2 heterocycles. The lowest BCUT2D eigenvalue weighted by atomic mass is 10.0. The van der Waals surface area contributed by atoms with E-state index >= 15 is 0 Å². The molecule has 1 aliphatic heterocycles. The zero-order chi connectivity index (χ0) is 20.8. The van der Waals surface area contributed by atoms with E-state index in [4.69, 9.17) is 20.9 Å². The van der Waals surface area contributed by atoms with E-state index in [2.05, 4.69) is 15.4 Å². The first kappa shape index (κ1) is 20.6. The standard InChI is InChI=1S/C23H24ClN3O3/c24-19-8-6-18(7-9-19)22(27-10-12-29-13-11-27)16-25-23(28)15-20-14-21(26-30-20)17-4-2-1-3-5-17/h1-9,14,22H,10-13,15-16H2,(H,25,28). The van der Waals surface area contributed by atoms with Gasteiger partial charge in [-0.2, -0.15) is 0 Å². The van der Waals surface area contributed by atoms with Crippen molar-refractivity contribution in [1.82, 2.24) is 15.4 Å². The molecule has 156 valence electrons.